The van der Waals surface area contributed by atoms with Crippen molar-refractivity contribution in [2.75, 3.05) is 0 Å². The van der Waals surface area contributed by atoms with E-state index in [1.807, 2.05) is 12.1 Å². The molecule has 78 valence electrons. The lowest BCUT2D eigenvalue weighted by atomic mass is 10.1. The summed E-state index contributed by atoms with van der Waals surface area (Å²) in [6.07, 6.45) is 3.26. The first-order valence-electron chi connectivity index (χ1n) is 4.89. The molecule has 1 aliphatic carbocycles. The first kappa shape index (κ1) is 9.12. The largest absolute Gasteiger partial charge is 0.321 e. The standard InChI is InChI=1S/C11H11NO2S/c12-11(5-6-11)10-7-8-3-1-2-4-9(8)15(10,13)14/h1-4,7H,5-6,12H2. The highest BCUT2D eigenvalue weighted by Gasteiger charge is 2.50. The Hall–Kier alpha value is -1.13. The van der Waals surface area contributed by atoms with Crippen molar-refractivity contribution in [2.24, 2.45) is 5.73 Å². The molecule has 1 fully saturated rings. The van der Waals surface area contributed by atoms with Crippen molar-refractivity contribution >= 4 is 15.9 Å². The molecule has 2 aliphatic rings. The van der Waals surface area contributed by atoms with Gasteiger partial charge in [-0.15, -0.1) is 0 Å². The normalized spacial score (nSPS) is 24.5. The number of hydrogen-bond donors (Lipinski definition) is 1. The average molecular weight is 221 g/mol. The maximum absolute atomic E-state index is 12.1. The second-order valence-electron chi connectivity index (χ2n) is 4.21. The zero-order chi connectivity index (χ0) is 10.7. The van der Waals surface area contributed by atoms with E-state index in [4.69, 9.17) is 5.73 Å². The minimum absolute atomic E-state index is 0.399. The third-order valence-corrected chi connectivity index (χ3v) is 5.12. The Morgan fingerprint density at radius 2 is 1.87 bits per heavy atom. The summed E-state index contributed by atoms with van der Waals surface area (Å²) in [6, 6.07) is 7.03. The van der Waals surface area contributed by atoms with Crippen LogP contribution in [0.5, 0.6) is 0 Å². The minimum atomic E-state index is -3.31. The fourth-order valence-electron chi connectivity index (χ4n) is 1.97. The van der Waals surface area contributed by atoms with Crippen LogP contribution in [-0.2, 0) is 9.84 Å². The van der Waals surface area contributed by atoms with Crippen molar-refractivity contribution in [3.8, 4) is 0 Å². The molecule has 0 amide bonds. The van der Waals surface area contributed by atoms with Gasteiger partial charge in [-0.3, -0.25) is 0 Å². The summed E-state index contributed by atoms with van der Waals surface area (Å²) in [4.78, 5) is 0.799. The van der Waals surface area contributed by atoms with Gasteiger partial charge in [0.25, 0.3) is 0 Å². The van der Waals surface area contributed by atoms with Crippen LogP contribution in [0.25, 0.3) is 6.08 Å². The van der Waals surface area contributed by atoms with Crippen molar-refractivity contribution in [1.29, 1.82) is 0 Å². The van der Waals surface area contributed by atoms with E-state index in [0.29, 0.717) is 9.80 Å². The quantitative estimate of drug-likeness (QED) is 0.777. The highest BCUT2D eigenvalue weighted by Crippen LogP contribution is 2.48. The fraction of sp³-hybridized carbons (Fsp3) is 0.273. The molecule has 4 heteroatoms. The van der Waals surface area contributed by atoms with Gasteiger partial charge in [0.1, 0.15) is 0 Å². The Balaban J connectivity index is 2.25. The van der Waals surface area contributed by atoms with Crippen LogP contribution in [0.1, 0.15) is 18.4 Å². The molecule has 2 N–H and O–H groups in total. The highest BCUT2D eigenvalue weighted by molar-refractivity contribution is 7.96. The van der Waals surface area contributed by atoms with Crippen molar-refractivity contribution in [1.82, 2.24) is 0 Å². The summed E-state index contributed by atoms with van der Waals surface area (Å²) in [5.74, 6) is 0. The Labute approximate surface area is 88.5 Å². The van der Waals surface area contributed by atoms with Crippen molar-refractivity contribution in [2.45, 2.75) is 23.3 Å². The molecular formula is C11H11NO2S. The molecule has 0 atom stereocenters. The summed E-state index contributed by atoms with van der Waals surface area (Å²) in [7, 11) is -3.31. The fourth-order valence-corrected chi connectivity index (χ4v) is 3.93. The van der Waals surface area contributed by atoms with Gasteiger partial charge in [0.2, 0.25) is 9.84 Å². The number of sulfone groups is 1. The second kappa shape index (κ2) is 2.51. The minimum Gasteiger partial charge on any atom is -0.321 e. The van der Waals surface area contributed by atoms with Crippen LogP contribution in [0.15, 0.2) is 34.1 Å². The maximum atomic E-state index is 12.1. The molecule has 3 nitrogen and oxygen atoms in total. The smallest absolute Gasteiger partial charge is 0.205 e. The Morgan fingerprint density at radius 3 is 2.47 bits per heavy atom. The first-order chi connectivity index (χ1) is 7.04. The lowest BCUT2D eigenvalue weighted by Gasteiger charge is -2.09. The van der Waals surface area contributed by atoms with Gasteiger partial charge in [0, 0.05) is 0 Å². The molecule has 1 aliphatic heterocycles. The third-order valence-electron chi connectivity index (χ3n) is 3.06. The molecule has 1 saturated carbocycles. The molecule has 0 bridgehead atoms. The molecule has 0 radical (unpaired) electrons. The van der Waals surface area contributed by atoms with Gasteiger partial charge in [-0.05, 0) is 30.5 Å². The molecule has 0 saturated heterocycles. The van der Waals surface area contributed by atoms with E-state index < -0.39 is 15.4 Å². The van der Waals surface area contributed by atoms with Crippen LogP contribution in [0.2, 0.25) is 0 Å². The summed E-state index contributed by atoms with van der Waals surface area (Å²) >= 11 is 0. The predicted octanol–water partition coefficient (Wildman–Crippen LogP) is 1.31. The van der Waals surface area contributed by atoms with Crippen LogP contribution in [-0.4, -0.2) is 14.0 Å². The Bertz CT molecular complexity index is 568. The lowest BCUT2D eigenvalue weighted by Crippen LogP contribution is -2.27. The zero-order valence-corrected chi connectivity index (χ0v) is 8.92. The zero-order valence-electron chi connectivity index (χ0n) is 8.10. The lowest BCUT2D eigenvalue weighted by molar-refractivity contribution is 0.598. The summed E-state index contributed by atoms with van der Waals surface area (Å²) in [5, 5.41) is 0. The number of benzene rings is 1. The topological polar surface area (TPSA) is 60.2 Å². The number of nitrogens with two attached hydrogens (primary N) is 1. The van der Waals surface area contributed by atoms with Gasteiger partial charge in [0.15, 0.2) is 0 Å². The third kappa shape index (κ3) is 1.12. The Morgan fingerprint density at radius 1 is 1.20 bits per heavy atom. The molecule has 0 unspecified atom stereocenters. The van der Waals surface area contributed by atoms with Crippen LogP contribution in [0.4, 0.5) is 0 Å². The summed E-state index contributed by atoms with van der Waals surface area (Å²) in [5.41, 5.74) is 6.14. The maximum Gasteiger partial charge on any atom is 0.205 e. The number of hydrogen-bond acceptors (Lipinski definition) is 3. The SMILES string of the molecule is NC1(C2=Cc3ccccc3S2(=O)=O)CC1. The van der Waals surface area contributed by atoms with Crippen LogP contribution < -0.4 is 5.73 Å². The van der Waals surface area contributed by atoms with Crippen LogP contribution in [0, 0.1) is 0 Å². The van der Waals surface area contributed by atoms with E-state index in [-0.39, 0.29) is 0 Å². The van der Waals surface area contributed by atoms with Gasteiger partial charge in [-0.2, -0.15) is 0 Å². The van der Waals surface area contributed by atoms with Gasteiger partial charge < -0.3 is 5.73 Å². The summed E-state index contributed by atoms with van der Waals surface area (Å²) in [6.45, 7) is 0. The molecule has 1 heterocycles. The van der Waals surface area contributed by atoms with E-state index >= 15 is 0 Å². The van der Waals surface area contributed by atoms with E-state index in [1.54, 1.807) is 18.2 Å². The number of fused-ring (bicyclic) bond motifs is 1. The molecule has 15 heavy (non-hydrogen) atoms. The van der Waals surface area contributed by atoms with Crippen LogP contribution >= 0.6 is 0 Å². The van der Waals surface area contributed by atoms with Crippen molar-refractivity contribution in [3.63, 3.8) is 0 Å². The van der Waals surface area contributed by atoms with E-state index in [0.717, 1.165) is 18.4 Å². The second-order valence-corrected chi connectivity index (χ2v) is 6.09. The van der Waals surface area contributed by atoms with Gasteiger partial charge in [0.05, 0.1) is 15.3 Å². The van der Waals surface area contributed by atoms with E-state index in [1.165, 1.54) is 0 Å². The van der Waals surface area contributed by atoms with E-state index in [9.17, 15) is 8.42 Å². The highest BCUT2D eigenvalue weighted by atomic mass is 32.2. The van der Waals surface area contributed by atoms with E-state index in [2.05, 4.69) is 0 Å². The van der Waals surface area contributed by atoms with Crippen molar-refractivity contribution < 1.29 is 8.42 Å². The molecule has 0 aromatic heterocycles. The molecule has 1 aromatic carbocycles. The average Bonchev–Trinajstić information content (AvgIpc) is 2.87. The van der Waals surface area contributed by atoms with Gasteiger partial charge in [-0.25, -0.2) is 8.42 Å². The predicted molar refractivity (Wildman–Crippen MR) is 57.8 cm³/mol. The molecular weight excluding hydrogens is 210 g/mol. The molecule has 0 spiro atoms. The monoisotopic (exact) mass is 221 g/mol. The molecule has 1 aromatic rings. The Kier molecular flexibility index (Phi) is 1.53. The van der Waals surface area contributed by atoms with Gasteiger partial charge in [-0.1, -0.05) is 18.2 Å². The first-order valence-corrected chi connectivity index (χ1v) is 6.38. The summed E-state index contributed by atoms with van der Waals surface area (Å²) < 4.78 is 24.2. The molecule has 3 rings (SSSR count). The van der Waals surface area contributed by atoms with Crippen molar-refractivity contribution in [3.05, 3.63) is 34.7 Å². The number of rotatable bonds is 1. The van der Waals surface area contributed by atoms with Crippen LogP contribution in [0.3, 0.4) is 0 Å². The van der Waals surface area contributed by atoms with Gasteiger partial charge >= 0.3 is 0 Å².